The Morgan fingerprint density at radius 2 is 0.308 bits per heavy atom. The Labute approximate surface area is 171 Å². The monoisotopic (exact) mass is 404 g/mol. The largest absolute Gasteiger partial charge is 0.0901 e. The minimum absolute atomic E-state index is 0.0162. The van der Waals surface area contributed by atoms with E-state index in [-0.39, 0.29) is 15.8 Å². The van der Waals surface area contributed by atoms with Gasteiger partial charge in [0.05, 0.1) is 0 Å². The van der Waals surface area contributed by atoms with Crippen molar-refractivity contribution >= 4 is 15.8 Å². The summed E-state index contributed by atoms with van der Waals surface area (Å²) >= 11 is 0. The van der Waals surface area contributed by atoms with Crippen molar-refractivity contribution in [1.29, 1.82) is 0 Å². The van der Waals surface area contributed by atoms with Gasteiger partial charge in [0.15, 0.2) is 0 Å². The molecule has 2 heteroatoms. The van der Waals surface area contributed by atoms with Gasteiger partial charge < -0.3 is 0 Å². The van der Waals surface area contributed by atoms with E-state index in [2.05, 4.69) is 125 Å². The van der Waals surface area contributed by atoms with Gasteiger partial charge in [0.25, 0.3) is 0 Å². The van der Waals surface area contributed by atoms with Crippen molar-refractivity contribution in [2.45, 2.75) is 156 Å². The molecule has 0 bridgehead atoms. The van der Waals surface area contributed by atoms with E-state index in [4.69, 9.17) is 0 Å². The zero-order valence-corrected chi connectivity index (χ0v) is 23.7. The lowest BCUT2D eigenvalue weighted by Gasteiger charge is -2.49. The van der Waals surface area contributed by atoms with Crippen molar-refractivity contribution < 1.29 is 0 Å². The maximum absolute atomic E-state index is 2.38. The molecule has 0 spiro atoms. The van der Waals surface area contributed by atoms with Crippen molar-refractivity contribution in [2.24, 2.45) is 0 Å². The molecule has 0 N–H and O–H groups in total. The smallest absolute Gasteiger partial charge is 0.0170 e. The molecule has 0 saturated carbocycles. The molecule has 0 aliphatic rings. The number of hydrogen-bond acceptors (Lipinski definition) is 0. The lowest BCUT2D eigenvalue weighted by atomic mass is 10.2. The fourth-order valence-electron chi connectivity index (χ4n) is 6.04. The molecular formula is C24H54P2. The van der Waals surface area contributed by atoms with Crippen molar-refractivity contribution in [2.75, 3.05) is 0 Å². The molecule has 0 saturated heterocycles. The van der Waals surface area contributed by atoms with Crippen LogP contribution in [0.3, 0.4) is 0 Å². The Hall–Kier alpha value is 0.860. The van der Waals surface area contributed by atoms with Gasteiger partial charge in [-0.3, -0.25) is 0 Å². The Bertz CT molecular complexity index is 297. The van der Waals surface area contributed by atoms with Gasteiger partial charge in [-0.15, -0.1) is 0 Å². The molecule has 0 atom stereocenters. The molecule has 0 aromatic heterocycles. The first-order chi connectivity index (χ1) is 10.7. The number of hydrogen-bond donors (Lipinski definition) is 0. The van der Waals surface area contributed by atoms with E-state index in [0.717, 1.165) is 0 Å². The summed E-state index contributed by atoms with van der Waals surface area (Å²) in [5.74, 6) is 0. The molecule has 0 aromatic carbocycles. The second-order valence-corrected chi connectivity index (χ2v) is 23.1. The van der Waals surface area contributed by atoms with Crippen LogP contribution in [0.4, 0.5) is 0 Å². The molecule has 0 nitrogen and oxygen atoms in total. The van der Waals surface area contributed by atoms with Crippen molar-refractivity contribution in [3.63, 3.8) is 0 Å². The average molecular weight is 405 g/mol. The van der Waals surface area contributed by atoms with Gasteiger partial charge in [0.2, 0.25) is 0 Å². The van der Waals surface area contributed by atoms with E-state index in [0.29, 0.717) is 30.9 Å². The minimum atomic E-state index is 0.0162. The zero-order chi connectivity index (χ0) is 22.2. The Morgan fingerprint density at radius 3 is 0.308 bits per heavy atom. The Kier molecular flexibility index (Phi) is 9.73. The molecule has 0 rings (SSSR count). The van der Waals surface area contributed by atoms with Crippen LogP contribution < -0.4 is 0 Å². The van der Waals surface area contributed by atoms with Crippen LogP contribution in [0.15, 0.2) is 0 Å². The topological polar surface area (TPSA) is 0 Å². The maximum Gasteiger partial charge on any atom is -0.0170 e. The van der Waals surface area contributed by atoms with Crippen LogP contribution in [0, 0.1) is 0 Å². The van der Waals surface area contributed by atoms with Crippen LogP contribution in [0.1, 0.15) is 125 Å². The lowest BCUT2D eigenvalue weighted by Crippen LogP contribution is -2.34. The van der Waals surface area contributed by atoms with Gasteiger partial charge in [0, 0.05) is 0 Å². The van der Waals surface area contributed by atoms with Gasteiger partial charge in [-0.1, -0.05) is 140 Å². The molecular weight excluding hydrogens is 350 g/mol. The quantitative estimate of drug-likeness (QED) is 0.352. The Morgan fingerprint density at radius 1 is 0.231 bits per heavy atom. The van der Waals surface area contributed by atoms with Crippen molar-refractivity contribution in [3.8, 4) is 0 Å². The molecule has 0 unspecified atom stereocenters. The molecule has 0 aromatic rings. The zero-order valence-electron chi connectivity index (χ0n) is 21.9. The highest BCUT2D eigenvalue weighted by Gasteiger charge is 2.42. The third kappa shape index (κ3) is 10.4. The third-order valence-corrected chi connectivity index (χ3v) is 12.1. The molecule has 160 valence electrons. The second kappa shape index (κ2) is 8.70. The highest BCUT2D eigenvalue weighted by atomic mass is 31.1. The van der Waals surface area contributed by atoms with Crippen LogP contribution in [-0.4, -0.2) is 30.9 Å². The van der Waals surface area contributed by atoms with Gasteiger partial charge in [0.1, 0.15) is 0 Å². The van der Waals surface area contributed by atoms with E-state index in [9.17, 15) is 0 Å². The fraction of sp³-hybridized carbons (Fsp3) is 1.00. The minimum Gasteiger partial charge on any atom is -0.0901 e. The predicted octanol–water partition coefficient (Wildman–Crippen LogP) is 9.73. The summed E-state index contributed by atoms with van der Waals surface area (Å²) in [6.07, 6.45) is 0. The summed E-state index contributed by atoms with van der Waals surface area (Å²) in [4.78, 5) is 0. The molecule has 26 heavy (non-hydrogen) atoms. The van der Waals surface area contributed by atoms with Gasteiger partial charge in [-0.2, -0.15) is 0 Å². The van der Waals surface area contributed by atoms with Crippen LogP contribution >= 0.6 is 15.8 Å². The van der Waals surface area contributed by atoms with Crippen LogP contribution in [-0.2, 0) is 0 Å². The Balaban J connectivity index is 0. The summed E-state index contributed by atoms with van der Waals surface area (Å²) in [7, 11) is 0.0324. The molecule has 0 aliphatic carbocycles. The highest BCUT2D eigenvalue weighted by molar-refractivity contribution is 7.62. The van der Waals surface area contributed by atoms with E-state index in [1.165, 1.54) is 0 Å². The SMILES string of the molecule is CC(C)(C)P(C(C)(C)C)C(C)(C)C.CC(C)(C)P(C(C)(C)C)C(C)(C)C. The first-order valence-corrected chi connectivity index (χ1v) is 13.0. The van der Waals surface area contributed by atoms with Crippen molar-refractivity contribution in [3.05, 3.63) is 0 Å². The summed E-state index contributed by atoms with van der Waals surface area (Å²) in [5, 5.41) is 2.70. The van der Waals surface area contributed by atoms with Crippen molar-refractivity contribution in [1.82, 2.24) is 0 Å². The highest BCUT2D eigenvalue weighted by Crippen LogP contribution is 2.67. The molecule has 0 fully saturated rings. The number of rotatable bonds is 0. The fourth-order valence-corrected chi connectivity index (χ4v) is 18.1. The lowest BCUT2D eigenvalue weighted by molar-refractivity contribution is 0.643. The standard InChI is InChI=1S/2C12H27P/c2*1-10(2,3)13(11(4,5)6)12(7,8)9/h2*1-9H3. The third-order valence-electron chi connectivity index (χ3n) is 4.02. The summed E-state index contributed by atoms with van der Waals surface area (Å²) in [6, 6.07) is 0. The summed E-state index contributed by atoms with van der Waals surface area (Å²) in [5.41, 5.74) is 0. The maximum atomic E-state index is 2.38. The molecule has 0 aliphatic heterocycles. The van der Waals surface area contributed by atoms with Crippen LogP contribution in [0.25, 0.3) is 0 Å². The van der Waals surface area contributed by atoms with E-state index >= 15 is 0 Å². The first-order valence-electron chi connectivity index (χ1n) is 10.3. The molecule has 0 heterocycles. The average Bonchev–Trinajstić information content (AvgIpc) is 1.97. The second-order valence-electron chi connectivity index (χ2n) is 13.7. The van der Waals surface area contributed by atoms with E-state index in [1.807, 2.05) is 0 Å². The summed E-state index contributed by atoms with van der Waals surface area (Å²) < 4.78 is 0. The van der Waals surface area contributed by atoms with Crippen LogP contribution in [0.2, 0.25) is 0 Å². The predicted molar refractivity (Wildman–Crippen MR) is 132 cm³/mol. The summed E-state index contributed by atoms with van der Waals surface area (Å²) in [6.45, 7) is 42.9. The normalized spacial score (nSPS) is 15.2. The molecule has 0 radical (unpaired) electrons. The van der Waals surface area contributed by atoms with Crippen LogP contribution in [0.5, 0.6) is 0 Å². The first kappa shape index (κ1) is 29.1. The molecule has 0 amide bonds. The van der Waals surface area contributed by atoms with Gasteiger partial charge >= 0.3 is 0 Å². The van der Waals surface area contributed by atoms with E-state index < -0.39 is 0 Å². The van der Waals surface area contributed by atoms with E-state index in [1.54, 1.807) is 0 Å². The van der Waals surface area contributed by atoms with Gasteiger partial charge in [-0.25, -0.2) is 0 Å². The van der Waals surface area contributed by atoms with Gasteiger partial charge in [-0.05, 0) is 30.9 Å².